The molecule has 0 atom stereocenters. The van der Waals surface area contributed by atoms with E-state index in [0.717, 1.165) is 30.4 Å². The number of rotatable bonds is 6. The highest BCUT2D eigenvalue weighted by Crippen LogP contribution is 2.17. The third kappa shape index (κ3) is 3.93. The highest BCUT2D eigenvalue weighted by Gasteiger charge is 2.14. The molecular weight excluding hydrogens is 354 g/mol. The standard InChI is InChI=1S/C17H21N5O3S/c1-4-6-13-15-16(22(2)20-13)17(23)19-14(18-15)10-11-7-5-8-12(9-11)21-26(3,24)25/h5,7-9,21H,4,6,10H2,1-3H3,(H,18,19,23). The molecule has 3 rings (SSSR count). The molecule has 0 aliphatic rings. The molecule has 26 heavy (non-hydrogen) atoms. The number of nitrogens with one attached hydrogen (secondary N) is 2. The maximum absolute atomic E-state index is 12.4. The van der Waals surface area contributed by atoms with Crippen LogP contribution in [0.25, 0.3) is 11.0 Å². The van der Waals surface area contributed by atoms with Gasteiger partial charge in [0.25, 0.3) is 5.56 Å². The van der Waals surface area contributed by atoms with Crippen molar-refractivity contribution in [2.24, 2.45) is 7.05 Å². The van der Waals surface area contributed by atoms with Crippen molar-refractivity contribution < 1.29 is 8.42 Å². The number of aromatic amines is 1. The topological polar surface area (TPSA) is 110 Å². The molecule has 0 fully saturated rings. The van der Waals surface area contributed by atoms with Gasteiger partial charge in [0.1, 0.15) is 11.3 Å². The van der Waals surface area contributed by atoms with Gasteiger partial charge in [-0.15, -0.1) is 0 Å². The highest BCUT2D eigenvalue weighted by molar-refractivity contribution is 7.92. The summed E-state index contributed by atoms with van der Waals surface area (Å²) in [5.41, 5.74) is 2.98. The van der Waals surface area contributed by atoms with Crippen molar-refractivity contribution in [1.82, 2.24) is 19.7 Å². The van der Waals surface area contributed by atoms with Crippen LogP contribution in [-0.4, -0.2) is 34.4 Å². The molecule has 8 nitrogen and oxygen atoms in total. The SMILES string of the molecule is CCCc1nn(C)c2c(=O)[nH]c(Cc3cccc(NS(C)(=O)=O)c3)nc12. The number of aromatic nitrogens is 4. The Bertz CT molecular complexity index is 1120. The maximum Gasteiger partial charge on any atom is 0.277 e. The normalized spacial score (nSPS) is 11.8. The van der Waals surface area contributed by atoms with Gasteiger partial charge in [0, 0.05) is 19.2 Å². The van der Waals surface area contributed by atoms with Crippen molar-refractivity contribution in [3.8, 4) is 0 Å². The largest absolute Gasteiger partial charge is 0.308 e. The average Bonchev–Trinajstić information content (AvgIpc) is 2.83. The Morgan fingerprint density at radius 1 is 1.31 bits per heavy atom. The summed E-state index contributed by atoms with van der Waals surface area (Å²) in [5, 5.41) is 4.40. The molecule has 0 saturated heterocycles. The van der Waals surface area contributed by atoms with Crippen LogP contribution in [-0.2, 0) is 29.9 Å². The fourth-order valence-corrected chi connectivity index (χ4v) is 3.49. The van der Waals surface area contributed by atoms with Gasteiger partial charge in [0.05, 0.1) is 11.9 Å². The van der Waals surface area contributed by atoms with E-state index in [1.54, 1.807) is 29.9 Å². The van der Waals surface area contributed by atoms with Crippen LogP contribution in [0.15, 0.2) is 29.1 Å². The van der Waals surface area contributed by atoms with Gasteiger partial charge in [-0.25, -0.2) is 13.4 Å². The third-order valence-corrected chi connectivity index (χ3v) is 4.51. The molecule has 138 valence electrons. The van der Waals surface area contributed by atoms with Crippen molar-refractivity contribution in [2.75, 3.05) is 11.0 Å². The molecule has 2 aromatic heterocycles. The lowest BCUT2D eigenvalue weighted by molar-refractivity contribution is 0.607. The van der Waals surface area contributed by atoms with Crippen molar-refractivity contribution in [1.29, 1.82) is 0 Å². The van der Waals surface area contributed by atoms with Crippen LogP contribution in [0.1, 0.15) is 30.4 Å². The second-order valence-electron chi connectivity index (χ2n) is 6.28. The zero-order chi connectivity index (χ0) is 18.9. The summed E-state index contributed by atoms with van der Waals surface area (Å²) >= 11 is 0. The first kappa shape index (κ1) is 18.1. The van der Waals surface area contributed by atoms with Gasteiger partial charge >= 0.3 is 0 Å². The summed E-state index contributed by atoms with van der Waals surface area (Å²) in [6.45, 7) is 2.05. The lowest BCUT2D eigenvalue weighted by atomic mass is 10.1. The predicted molar refractivity (Wildman–Crippen MR) is 101 cm³/mol. The van der Waals surface area contributed by atoms with E-state index in [9.17, 15) is 13.2 Å². The van der Waals surface area contributed by atoms with Crippen LogP contribution in [0.4, 0.5) is 5.69 Å². The molecule has 0 aliphatic carbocycles. The zero-order valence-corrected chi connectivity index (χ0v) is 15.7. The molecule has 0 radical (unpaired) electrons. The molecule has 9 heteroatoms. The van der Waals surface area contributed by atoms with E-state index in [0.29, 0.717) is 29.0 Å². The van der Waals surface area contributed by atoms with Gasteiger partial charge in [-0.1, -0.05) is 25.5 Å². The summed E-state index contributed by atoms with van der Waals surface area (Å²) in [6.07, 6.45) is 3.14. The monoisotopic (exact) mass is 375 g/mol. The van der Waals surface area contributed by atoms with E-state index in [1.807, 2.05) is 6.07 Å². The number of fused-ring (bicyclic) bond motifs is 1. The van der Waals surface area contributed by atoms with E-state index < -0.39 is 10.0 Å². The van der Waals surface area contributed by atoms with Crippen molar-refractivity contribution >= 4 is 26.7 Å². The Morgan fingerprint density at radius 3 is 2.77 bits per heavy atom. The first-order valence-corrected chi connectivity index (χ1v) is 10.2. The number of benzene rings is 1. The van der Waals surface area contributed by atoms with Gasteiger partial charge in [-0.2, -0.15) is 5.10 Å². The van der Waals surface area contributed by atoms with Crippen LogP contribution in [0.3, 0.4) is 0 Å². The van der Waals surface area contributed by atoms with Gasteiger partial charge in [0.15, 0.2) is 5.52 Å². The first-order valence-electron chi connectivity index (χ1n) is 8.28. The maximum atomic E-state index is 12.4. The summed E-state index contributed by atoms with van der Waals surface area (Å²) in [6, 6.07) is 7.01. The lowest BCUT2D eigenvalue weighted by Gasteiger charge is -2.07. The van der Waals surface area contributed by atoms with E-state index >= 15 is 0 Å². The summed E-state index contributed by atoms with van der Waals surface area (Å²) < 4.78 is 26.8. The molecule has 3 aromatic rings. The van der Waals surface area contributed by atoms with Crippen LogP contribution >= 0.6 is 0 Å². The fourth-order valence-electron chi connectivity index (χ4n) is 2.93. The second kappa shape index (κ2) is 6.91. The number of aryl methyl sites for hydroxylation is 2. The molecule has 0 bridgehead atoms. The Hall–Kier alpha value is -2.68. The smallest absolute Gasteiger partial charge is 0.277 e. The number of hydrogen-bond donors (Lipinski definition) is 2. The molecular formula is C17H21N5O3S. The lowest BCUT2D eigenvalue weighted by Crippen LogP contribution is -2.14. The molecule has 0 saturated carbocycles. The third-order valence-electron chi connectivity index (χ3n) is 3.90. The van der Waals surface area contributed by atoms with Gasteiger partial charge < -0.3 is 4.98 Å². The highest BCUT2D eigenvalue weighted by atomic mass is 32.2. The van der Waals surface area contributed by atoms with Gasteiger partial charge in [-0.05, 0) is 24.1 Å². The molecule has 0 unspecified atom stereocenters. The van der Waals surface area contributed by atoms with Gasteiger partial charge in [0.2, 0.25) is 10.0 Å². The summed E-state index contributed by atoms with van der Waals surface area (Å²) in [5.74, 6) is 0.518. The predicted octanol–water partition coefficient (Wildman–Crippen LogP) is 1.57. The minimum Gasteiger partial charge on any atom is -0.308 e. The van der Waals surface area contributed by atoms with E-state index in [2.05, 4.69) is 26.7 Å². The Balaban J connectivity index is 1.98. The Labute approximate surface area is 151 Å². The van der Waals surface area contributed by atoms with E-state index in [4.69, 9.17) is 0 Å². The summed E-state index contributed by atoms with van der Waals surface area (Å²) in [7, 11) is -1.61. The molecule has 0 spiro atoms. The Kier molecular flexibility index (Phi) is 4.82. The van der Waals surface area contributed by atoms with Crippen LogP contribution in [0.5, 0.6) is 0 Å². The van der Waals surface area contributed by atoms with E-state index in [1.165, 1.54) is 0 Å². The Morgan fingerprint density at radius 2 is 2.08 bits per heavy atom. The molecule has 2 heterocycles. The zero-order valence-electron chi connectivity index (χ0n) is 14.9. The number of sulfonamides is 1. The first-order chi connectivity index (χ1) is 12.3. The quantitative estimate of drug-likeness (QED) is 0.680. The number of nitrogens with zero attached hydrogens (tertiary/aromatic N) is 3. The second-order valence-corrected chi connectivity index (χ2v) is 8.03. The van der Waals surface area contributed by atoms with Crippen LogP contribution in [0.2, 0.25) is 0 Å². The summed E-state index contributed by atoms with van der Waals surface area (Å²) in [4.78, 5) is 19.8. The number of H-pyrrole nitrogens is 1. The minimum absolute atomic E-state index is 0.229. The fraction of sp³-hybridized carbons (Fsp3) is 0.353. The van der Waals surface area contributed by atoms with Crippen molar-refractivity contribution in [2.45, 2.75) is 26.2 Å². The minimum atomic E-state index is -3.35. The molecule has 2 N–H and O–H groups in total. The van der Waals surface area contributed by atoms with Crippen LogP contribution < -0.4 is 10.3 Å². The molecule has 0 amide bonds. The van der Waals surface area contributed by atoms with Crippen molar-refractivity contribution in [3.05, 3.63) is 51.7 Å². The van der Waals surface area contributed by atoms with Gasteiger partial charge in [-0.3, -0.25) is 14.2 Å². The van der Waals surface area contributed by atoms with E-state index in [-0.39, 0.29) is 5.56 Å². The van der Waals surface area contributed by atoms with Crippen molar-refractivity contribution in [3.63, 3.8) is 0 Å². The number of anilines is 1. The van der Waals surface area contributed by atoms with Crippen LogP contribution in [0, 0.1) is 0 Å². The molecule has 1 aromatic carbocycles. The number of hydrogen-bond acceptors (Lipinski definition) is 5. The molecule has 0 aliphatic heterocycles. The average molecular weight is 375 g/mol.